The van der Waals surface area contributed by atoms with Crippen LogP contribution in [-0.4, -0.2) is 15.6 Å². The Labute approximate surface area is 111 Å². The maximum absolute atomic E-state index is 4.44. The van der Waals surface area contributed by atoms with Gasteiger partial charge < -0.3 is 9.88 Å². The zero-order valence-electron chi connectivity index (χ0n) is 11.7. The number of hydrogen-bond acceptors (Lipinski definition) is 2. The summed E-state index contributed by atoms with van der Waals surface area (Å²) in [6.45, 7) is 4.33. The van der Waals surface area contributed by atoms with E-state index in [-0.39, 0.29) is 0 Å². The van der Waals surface area contributed by atoms with Gasteiger partial charge in [-0.3, -0.25) is 0 Å². The number of rotatable bonds is 10. The minimum Gasteiger partial charge on any atom is -0.337 e. The molecule has 3 heteroatoms. The normalized spacial score (nSPS) is 15.2. The standard InChI is InChI=1S/C15H27N3/c1-2-3-4-5-6-7-10-18-12-15(17-13-18)11-16-14-8-9-14/h12-14,16H,2-11H2,1H3. The smallest absolute Gasteiger partial charge is 0.0949 e. The molecule has 0 unspecified atom stereocenters. The van der Waals surface area contributed by atoms with Crippen LogP contribution in [0.25, 0.3) is 0 Å². The van der Waals surface area contributed by atoms with E-state index in [4.69, 9.17) is 0 Å². The number of nitrogens with zero attached hydrogens (tertiary/aromatic N) is 2. The Morgan fingerprint density at radius 1 is 1.22 bits per heavy atom. The summed E-state index contributed by atoms with van der Waals surface area (Å²) in [6, 6.07) is 0.772. The lowest BCUT2D eigenvalue weighted by Crippen LogP contribution is -2.15. The van der Waals surface area contributed by atoms with Gasteiger partial charge in [0.05, 0.1) is 12.0 Å². The number of nitrogens with one attached hydrogen (secondary N) is 1. The van der Waals surface area contributed by atoms with E-state index in [1.54, 1.807) is 0 Å². The van der Waals surface area contributed by atoms with Crippen molar-refractivity contribution < 1.29 is 0 Å². The molecule has 3 nitrogen and oxygen atoms in total. The van der Waals surface area contributed by atoms with Crippen LogP contribution in [0.15, 0.2) is 12.5 Å². The molecule has 1 fully saturated rings. The molecule has 18 heavy (non-hydrogen) atoms. The number of imidazole rings is 1. The van der Waals surface area contributed by atoms with Gasteiger partial charge in [0.1, 0.15) is 0 Å². The van der Waals surface area contributed by atoms with Crippen molar-refractivity contribution in [3.05, 3.63) is 18.2 Å². The molecule has 2 rings (SSSR count). The van der Waals surface area contributed by atoms with Gasteiger partial charge >= 0.3 is 0 Å². The summed E-state index contributed by atoms with van der Waals surface area (Å²) in [6.07, 6.45) is 15.0. The predicted octanol–water partition coefficient (Wildman–Crippen LogP) is 3.50. The molecule has 0 amide bonds. The molecule has 1 aliphatic rings. The molecule has 102 valence electrons. The van der Waals surface area contributed by atoms with Crippen molar-refractivity contribution in [3.8, 4) is 0 Å². The highest BCUT2D eigenvalue weighted by atomic mass is 15.1. The number of aromatic nitrogens is 2. The molecular weight excluding hydrogens is 222 g/mol. The maximum Gasteiger partial charge on any atom is 0.0949 e. The molecule has 0 spiro atoms. The van der Waals surface area contributed by atoms with E-state index in [1.165, 1.54) is 57.1 Å². The lowest BCUT2D eigenvalue weighted by atomic mass is 10.1. The monoisotopic (exact) mass is 249 g/mol. The van der Waals surface area contributed by atoms with Gasteiger partial charge in [0, 0.05) is 25.3 Å². The third-order valence-electron chi connectivity index (χ3n) is 3.61. The second-order valence-corrected chi connectivity index (χ2v) is 5.53. The molecule has 0 atom stereocenters. The van der Waals surface area contributed by atoms with E-state index in [1.807, 2.05) is 6.33 Å². The highest BCUT2D eigenvalue weighted by Crippen LogP contribution is 2.19. The van der Waals surface area contributed by atoms with Crippen LogP contribution in [0.1, 0.15) is 64.0 Å². The number of aryl methyl sites for hydroxylation is 1. The van der Waals surface area contributed by atoms with Crippen LogP contribution in [0, 0.1) is 0 Å². The largest absolute Gasteiger partial charge is 0.337 e. The molecule has 1 N–H and O–H groups in total. The van der Waals surface area contributed by atoms with E-state index < -0.39 is 0 Å². The predicted molar refractivity (Wildman–Crippen MR) is 75.5 cm³/mol. The van der Waals surface area contributed by atoms with Crippen molar-refractivity contribution >= 4 is 0 Å². The Morgan fingerprint density at radius 3 is 2.78 bits per heavy atom. The Bertz CT molecular complexity index is 328. The summed E-state index contributed by atoms with van der Waals surface area (Å²) in [5, 5.41) is 3.50. The highest BCUT2D eigenvalue weighted by molar-refractivity contribution is 4.97. The van der Waals surface area contributed by atoms with Crippen molar-refractivity contribution in [2.75, 3.05) is 0 Å². The van der Waals surface area contributed by atoms with Crippen molar-refractivity contribution in [2.24, 2.45) is 0 Å². The second-order valence-electron chi connectivity index (χ2n) is 5.53. The van der Waals surface area contributed by atoms with Gasteiger partial charge in [-0.2, -0.15) is 0 Å². The van der Waals surface area contributed by atoms with Gasteiger partial charge in [0.25, 0.3) is 0 Å². The fourth-order valence-corrected chi connectivity index (χ4v) is 2.23. The van der Waals surface area contributed by atoms with Crippen LogP contribution in [-0.2, 0) is 13.1 Å². The van der Waals surface area contributed by atoms with E-state index >= 15 is 0 Å². The lowest BCUT2D eigenvalue weighted by Gasteiger charge is -2.02. The maximum atomic E-state index is 4.44. The molecule has 0 bridgehead atoms. The van der Waals surface area contributed by atoms with Crippen LogP contribution in [0.2, 0.25) is 0 Å². The van der Waals surface area contributed by atoms with E-state index in [0.717, 1.165) is 19.1 Å². The van der Waals surface area contributed by atoms with Gasteiger partial charge in [0.2, 0.25) is 0 Å². The molecule has 0 saturated heterocycles. The summed E-state index contributed by atoms with van der Waals surface area (Å²) in [4.78, 5) is 4.44. The third-order valence-corrected chi connectivity index (χ3v) is 3.61. The minimum absolute atomic E-state index is 0.772. The molecule has 1 saturated carbocycles. The van der Waals surface area contributed by atoms with Crippen LogP contribution in [0.4, 0.5) is 0 Å². The van der Waals surface area contributed by atoms with Gasteiger partial charge in [0.15, 0.2) is 0 Å². The summed E-state index contributed by atoms with van der Waals surface area (Å²) >= 11 is 0. The lowest BCUT2D eigenvalue weighted by molar-refractivity contribution is 0.557. The average molecular weight is 249 g/mol. The Morgan fingerprint density at radius 2 is 2.00 bits per heavy atom. The molecule has 1 aromatic rings. The van der Waals surface area contributed by atoms with Crippen LogP contribution >= 0.6 is 0 Å². The minimum atomic E-state index is 0.772. The van der Waals surface area contributed by atoms with Crippen molar-refractivity contribution in [2.45, 2.75) is 77.4 Å². The first-order valence-corrected chi connectivity index (χ1v) is 7.62. The molecule has 1 heterocycles. The van der Waals surface area contributed by atoms with Crippen LogP contribution < -0.4 is 5.32 Å². The quantitative estimate of drug-likeness (QED) is 0.643. The van der Waals surface area contributed by atoms with Gasteiger partial charge in [-0.05, 0) is 19.3 Å². The summed E-state index contributed by atoms with van der Waals surface area (Å²) in [7, 11) is 0. The zero-order valence-corrected chi connectivity index (χ0v) is 11.7. The summed E-state index contributed by atoms with van der Waals surface area (Å²) in [5.41, 5.74) is 1.19. The van der Waals surface area contributed by atoms with Crippen LogP contribution in [0.5, 0.6) is 0 Å². The van der Waals surface area contributed by atoms with Gasteiger partial charge in [-0.1, -0.05) is 39.0 Å². The summed E-state index contributed by atoms with van der Waals surface area (Å²) < 4.78 is 2.24. The Kier molecular flexibility index (Phi) is 5.72. The van der Waals surface area contributed by atoms with Gasteiger partial charge in [-0.15, -0.1) is 0 Å². The van der Waals surface area contributed by atoms with E-state index in [2.05, 4.69) is 28.0 Å². The highest BCUT2D eigenvalue weighted by Gasteiger charge is 2.20. The molecular formula is C15H27N3. The number of hydrogen-bond donors (Lipinski definition) is 1. The van der Waals surface area contributed by atoms with Crippen molar-refractivity contribution in [3.63, 3.8) is 0 Å². The first-order chi connectivity index (χ1) is 8.88. The fraction of sp³-hybridized carbons (Fsp3) is 0.800. The third kappa shape index (κ3) is 5.21. The Balaban J connectivity index is 1.54. The molecule has 1 aliphatic carbocycles. The summed E-state index contributed by atoms with van der Waals surface area (Å²) in [5.74, 6) is 0. The molecule has 0 radical (unpaired) electrons. The van der Waals surface area contributed by atoms with Crippen molar-refractivity contribution in [1.29, 1.82) is 0 Å². The first kappa shape index (κ1) is 13.6. The van der Waals surface area contributed by atoms with Gasteiger partial charge in [-0.25, -0.2) is 4.98 Å². The molecule has 1 aromatic heterocycles. The van der Waals surface area contributed by atoms with Crippen LogP contribution in [0.3, 0.4) is 0 Å². The fourth-order valence-electron chi connectivity index (χ4n) is 2.23. The molecule has 0 aliphatic heterocycles. The average Bonchev–Trinajstić information content (AvgIpc) is 3.11. The van der Waals surface area contributed by atoms with Crippen molar-refractivity contribution in [1.82, 2.24) is 14.9 Å². The zero-order chi connectivity index (χ0) is 12.6. The van der Waals surface area contributed by atoms with E-state index in [0.29, 0.717) is 0 Å². The second kappa shape index (κ2) is 7.57. The SMILES string of the molecule is CCCCCCCCn1cnc(CNC2CC2)c1. The first-order valence-electron chi connectivity index (χ1n) is 7.62. The van der Waals surface area contributed by atoms with E-state index in [9.17, 15) is 0 Å². The Hall–Kier alpha value is -0.830. The number of unbranched alkanes of at least 4 members (excludes halogenated alkanes) is 5. The molecule has 0 aromatic carbocycles. The topological polar surface area (TPSA) is 29.9 Å².